The van der Waals surface area contributed by atoms with E-state index in [2.05, 4.69) is 5.32 Å². The van der Waals surface area contributed by atoms with Crippen LogP contribution in [-0.4, -0.2) is 26.9 Å². The molecule has 1 atom stereocenters. The number of methoxy groups -OCH3 is 2. The van der Waals surface area contributed by atoms with Crippen molar-refractivity contribution >= 4 is 15.7 Å². The molecule has 0 bridgehead atoms. The Morgan fingerprint density at radius 3 is 2.34 bits per heavy atom. The van der Waals surface area contributed by atoms with Crippen molar-refractivity contribution in [2.24, 2.45) is 0 Å². The number of benzene rings is 3. The highest BCUT2D eigenvalue weighted by molar-refractivity contribution is 7.89. The second kappa shape index (κ2) is 7.77. The SMILES string of the molecule is COc1cccc([C@@H]2Nc3ccccc3S(=O)(=O)N2Cc2ccccc2)c1OC. The van der Waals surface area contributed by atoms with Crippen molar-refractivity contribution < 1.29 is 17.9 Å². The van der Waals surface area contributed by atoms with E-state index in [-0.39, 0.29) is 11.4 Å². The first-order chi connectivity index (χ1) is 14.1. The van der Waals surface area contributed by atoms with Gasteiger partial charge in [0.1, 0.15) is 11.1 Å². The van der Waals surface area contributed by atoms with Gasteiger partial charge in [0.25, 0.3) is 0 Å². The molecule has 6 nitrogen and oxygen atoms in total. The van der Waals surface area contributed by atoms with E-state index < -0.39 is 16.2 Å². The molecule has 0 aromatic heterocycles. The zero-order valence-corrected chi connectivity index (χ0v) is 17.0. The lowest BCUT2D eigenvalue weighted by atomic mass is 10.1. The van der Waals surface area contributed by atoms with Crippen molar-refractivity contribution in [3.8, 4) is 11.5 Å². The van der Waals surface area contributed by atoms with Crippen LogP contribution in [0.25, 0.3) is 0 Å². The van der Waals surface area contributed by atoms with Crippen molar-refractivity contribution in [1.29, 1.82) is 0 Å². The summed E-state index contributed by atoms with van der Waals surface area (Å²) in [7, 11) is -0.639. The normalized spacial score (nSPS) is 17.8. The molecule has 1 aliphatic heterocycles. The summed E-state index contributed by atoms with van der Waals surface area (Å²) in [6.07, 6.45) is -0.653. The molecule has 0 radical (unpaired) electrons. The summed E-state index contributed by atoms with van der Waals surface area (Å²) in [4.78, 5) is 0.258. The van der Waals surface area contributed by atoms with Crippen molar-refractivity contribution in [3.05, 3.63) is 83.9 Å². The fourth-order valence-electron chi connectivity index (χ4n) is 3.60. The maximum absolute atomic E-state index is 13.6. The molecule has 1 heterocycles. The van der Waals surface area contributed by atoms with E-state index in [0.717, 1.165) is 5.56 Å². The molecule has 0 saturated carbocycles. The van der Waals surface area contributed by atoms with Crippen molar-refractivity contribution in [2.75, 3.05) is 19.5 Å². The number of rotatable bonds is 5. The molecule has 0 unspecified atom stereocenters. The predicted molar refractivity (Wildman–Crippen MR) is 112 cm³/mol. The smallest absolute Gasteiger partial charge is 0.247 e. The summed E-state index contributed by atoms with van der Waals surface area (Å²) in [5.41, 5.74) is 2.14. The Hall–Kier alpha value is -3.03. The summed E-state index contributed by atoms with van der Waals surface area (Å²) in [6.45, 7) is 0.218. The largest absolute Gasteiger partial charge is 0.493 e. The molecule has 0 fully saturated rings. The zero-order valence-electron chi connectivity index (χ0n) is 16.2. The highest BCUT2D eigenvalue weighted by Crippen LogP contribution is 2.43. The number of anilines is 1. The molecule has 7 heteroatoms. The number of hydrogen-bond acceptors (Lipinski definition) is 5. The Morgan fingerprint density at radius 2 is 1.62 bits per heavy atom. The van der Waals surface area contributed by atoms with Crippen LogP contribution in [0.5, 0.6) is 11.5 Å². The minimum Gasteiger partial charge on any atom is -0.493 e. The molecule has 150 valence electrons. The molecule has 3 aromatic carbocycles. The minimum absolute atomic E-state index is 0.218. The zero-order chi connectivity index (χ0) is 20.4. The highest BCUT2D eigenvalue weighted by Gasteiger charge is 2.40. The number of ether oxygens (including phenoxy) is 2. The Bertz CT molecular complexity index is 1120. The molecular weight excluding hydrogens is 388 g/mol. The monoisotopic (exact) mass is 410 g/mol. The van der Waals surface area contributed by atoms with Crippen LogP contribution in [0.15, 0.2) is 77.7 Å². The maximum Gasteiger partial charge on any atom is 0.247 e. The lowest BCUT2D eigenvalue weighted by molar-refractivity contribution is 0.312. The predicted octanol–water partition coefficient (Wildman–Crippen LogP) is 4.02. The standard InChI is InChI=1S/C22H22N2O4S/c1-27-19-13-8-11-17(21(19)28-2)22-23-18-12-6-7-14-20(18)29(25,26)24(22)15-16-9-4-3-5-10-16/h3-14,22-23H,15H2,1-2H3/t22-/m1/s1. The van der Waals surface area contributed by atoms with Gasteiger partial charge in [0.2, 0.25) is 10.0 Å². The fraction of sp³-hybridized carbons (Fsp3) is 0.182. The first-order valence-corrected chi connectivity index (χ1v) is 10.6. The Morgan fingerprint density at radius 1 is 0.897 bits per heavy atom. The van der Waals surface area contributed by atoms with Gasteiger partial charge in [0.15, 0.2) is 11.5 Å². The van der Waals surface area contributed by atoms with E-state index >= 15 is 0 Å². The van der Waals surface area contributed by atoms with Crippen LogP contribution < -0.4 is 14.8 Å². The maximum atomic E-state index is 13.6. The average Bonchev–Trinajstić information content (AvgIpc) is 2.75. The van der Waals surface area contributed by atoms with Gasteiger partial charge in [-0.2, -0.15) is 4.31 Å². The van der Waals surface area contributed by atoms with Crippen LogP contribution in [0, 0.1) is 0 Å². The number of fused-ring (bicyclic) bond motifs is 1. The van der Waals surface area contributed by atoms with Crippen LogP contribution in [-0.2, 0) is 16.6 Å². The van der Waals surface area contributed by atoms with E-state index in [0.29, 0.717) is 22.7 Å². The van der Waals surface area contributed by atoms with Gasteiger partial charge in [-0.3, -0.25) is 0 Å². The van der Waals surface area contributed by atoms with E-state index in [1.807, 2.05) is 48.5 Å². The molecular formula is C22H22N2O4S. The van der Waals surface area contributed by atoms with Crippen LogP contribution in [0.3, 0.4) is 0 Å². The van der Waals surface area contributed by atoms with Crippen LogP contribution in [0.2, 0.25) is 0 Å². The summed E-state index contributed by atoms with van der Waals surface area (Å²) < 4.78 is 39.6. The highest BCUT2D eigenvalue weighted by atomic mass is 32.2. The summed E-state index contributed by atoms with van der Waals surface area (Å²) in [5.74, 6) is 1.04. The fourth-order valence-corrected chi connectivity index (χ4v) is 5.27. The van der Waals surface area contributed by atoms with Crippen LogP contribution >= 0.6 is 0 Å². The van der Waals surface area contributed by atoms with Crippen molar-refractivity contribution in [3.63, 3.8) is 0 Å². The molecule has 0 saturated heterocycles. The third kappa shape index (κ3) is 3.43. The summed E-state index contributed by atoms with van der Waals surface area (Å²) >= 11 is 0. The second-order valence-corrected chi connectivity index (χ2v) is 8.52. The quantitative estimate of drug-likeness (QED) is 0.688. The summed E-state index contributed by atoms with van der Waals surface area (Å²) in [6, 6.07) is 21.9. The third-order valence-electron chi connectivity index (χ3n) is 4.96. The number of hydrogen-bond donors (Lipinski definition) is 1. The van der Waals surface area contributed by atoms with E-state index in [1.165, 1.54) is 4.31 Å². The molecule has 3 aromatic rings. The Balaban J connectivity index is 1.89. The van der Waals surface area contributed by atoms with Gasteiger partial charge < -0.3 is 14.8 Å². The van der Waals surface area contributed by atoms with Gasteiger partial charge in [0.05, 0.1) is 19.9 Å². The van der Waals surface area contributed by atoms with Crippen molar-refractivity contribution in [1.82, 2.24) is 4.31 Å². The first kappa shape index (κ1) is 19.3. The number of sulfonamides is 1. The molecule has 0 spiro atoms. The molecule has 29 heavy (non-hydrogen) atoms. The van der Waals surface area contributed by atoms with Gasteiger partial charge in [0, 0.05) is 12.1 Å². The van der Waals surface area contributed by atoms with Crippen LogP contribution in [0.4, 0.5) is 5.69 Å². The Labute approximate surface area is 170 Å². The first-order valence-electron chi connectivity index (χ1n) is 9.18. The lowest BCUT2D eigenvalue weighted by Gasteiger charge is -2.38. The van der Waals surface area contributed by atoms with Crippen LogP contribution in [0.1, 0.15) is 17.3 Å². The molecule has 1 aliphatic rings. The van der Waals surface area contributed by atoms with Gasteiger partial charge in [-0.25, -0.2) is 8.42 Å². The van der Waals surface area contributed by atoms with Gasteiger partial charge >= 0.3 is 0 Å². The minimum atomic E-state index is -3.75. The molecule has 0 amide bonds. The lowest BCUT2D eigenvalue weighted by Crippen LogP contribution is -2.42. The number of para-hydroxylation sites is 2. The van der Waals surface area contributed by atoms with E-state index in [4.69, 9.17) is 9.47 Å². The molecule has 4 rings (SSSR count). The number of nitrogens with zero attached hydrogens (tertiary/aromatic N) is 1. The van der Waals surface area contributed by atoms with Gasteiger partial charge in [-0.1, -0.05) is 54.6 Å². The summed E-state index contributed by atoms with van der Waals surface area (Å²) in [5, 5.41) is 3.38. The van der Waals surface area contributed by atoms with E-state index in [9.17, 15) is 8.42 Å². The van der Waals surface area contributed by atoms with Gasteiger partial charge in [-0.05, 0) is 23.8 Å². The Kier molecular flexibility index (Phi) is 5.17. The molecule has 0 aliphatic carbocycles. The van der Waals surface area contributed by atoms with E-state index in [1.54, 1.807) is 38.5 Å². The molecule has 1 N–H and O–H groups in total. The average molecular weight is 410 g/mol. The van der Waals surface area contributed by atoms with Gasteiger partial charge in [-0.15, -0.1) is 0 Å². The topological polar surface area (TPSA) is 67.9 Å². The third-order valence-corrected chi connectivity index (χ3v) is 6.83. The number of nitrogens with one attached hydrogen (secondary N) is 1. The second-order valence-electron chi connectivity index (χ2n) is 6.66. The van der Waals surface area contributed by atoms with Crippen molar-refractivity contribution in [2.45, 2.75) is 17.6 Å².